The van der Waals surface area contributed by atoms with Crippen LogP contribution >= 0.6 is 0 Å². The van der Waals surface area contributed by atoms with E-state index in [1.54, 1.807) is 0 Å². The highest BCUT2D eigenvalue weighted by atomic mass is 16.3. The standard InChI is InChI=1S/C47H31N3O2/c48-46(33-23-20-30-19-22-32(26-36(30)27-33)37-14-8-18-43-44(37)40-13-4-6-17-42(40)51-43)50-47(34-24-21-29-9-1-2-10-31(29)25-34)49-28-35-11-7-15-39-38-12-3-5-16-41(38)52-45(35)39/h1-27H,28H2,(H2,48,49,50). The minimum absolute atomic E-state index is 0.380. The van der Waals surface area contributed by atoms with Crippen molar-refractivity contribution in [3.63, 3.8) is 0 Å². The number of benzene rings is 8. The number of rotatable bonds is 5. The summed E-state index contributed by atoms with van der Waals surface area (Å²) in [6.07, 6.45) is 0. The molecule has 0 atom stereocenters. The minimum atomic E-state index is 0.380. The predicted molar refractivity (Wildman–Crippen MR) is 215 cm³/mol. The quantitative estimate of drug-likeness (QED) is 0.146. The van der Waals surface area contributed by atoms with Gasteiger partial charge >= 0.3 is 0 Å². The Bertz CT molecular complexity index is 3070. The molecule has 2 N–H and O–H groups in total. The van der Waals surface area contributed by atoms with Crippen molar-refractivity contribution in [2.75, 3.05) is 0 Å². The first-order valence-corrected chi connectivity index (χ1v) is 17.4. The zero-order valence-corrected chi connectivity index (χ0v) is 28.1. The van der Waals surface area contributed by atoms with Gasteiger partial charge in [-0.15, -0.1) is 0 Å². The summed E-state index contributed by atoms with van der Waals surface area (Å²) in [6.45, 7) is 0.380. The second-order valence-electron chi connectivity index (χ2n) is 13.1. The molecule has 8 aromatic carbocycles. The highest BCUT2D eigenvalue weighted by Gasteiger charge is 2.14. The molecule has 0 saturated heterocycles. The maximum absolute atomic E-state index is 6.86. The zero-order chi connectivity index (χ0) is 34.6. The van der Waals surface area contributed by atoms with Gasteiger partial charge in [0.05, 0.1) is 6.54 Å². The fourth-order valence-electron chi connectivity index (χ4n) is 7.38. The van der Waals surface area contributed by atoms with E-state index in [1.807, 2.05) is 60.7 Å². The van der Waals surface area contributed by atoms with Crippen molar-refractivity contribution in [3.8, 4) is 11.1 Å². The smallest absolute Gasteiger partial charge is 0.157 e. The number of nitrogens with zero attached hydrogens (tertiary/aromatic N) is 2. The van der Waals surface area contributed by atoms with E-state index in [0.29, 0.717) is 18.2 Å². The third-order valence-electron chi connectivity index (χ3n) is 9.97. The van der Waals surface area contributed by atoms with E-state index < -0.39 is 0 Å². The van der Waals surface area contributed by atoms with E-state index in [-0.39, 0.29) is 0 Å². The summed E-state index contributed by atoms with van der Waals surface area (Å²) in [6, 6.07) is 56.1. The molecule has 5 nitrogen and oxygen atoms in total. The molecule has 2 heterocycles. The van der Waals surface area contributed by atoms with Crippen molar-refractivity contribution in [1.82, 2.24) is 0 Å². The van der Waals surface area contributed by atoms with E-state index in [2.05, 4.69) is 103 Å². The van der Waals surface area contributed by atoms with Crippen LogP contribution in [0.5, 0.6) is 0 Å². The molecule has 2 aromatic heterocycles. The molecule has 0 unspecified atom stereocenters. The van der Waals surface area contributed by atoms with Crippen LogP contribution in [0.2, 0.25) is 0 Å². The lowest BCUT2D eigenvalue weighted by atomic mass is 9.96. The maximum Gasteiger partial charge on any atom is 0.157 e. The normalized spacial score (nSPS) is 12.6. The van der Waals surface area contributed by atoms with E-state index in [4.69, 9.17) is 24.6 Å². The lowest BCUT2D eigenvalue weighted by Gasteiger charge is -2.09. The summed E-state index contributed by atoms with van der Waals surface area (Å²) in [7, 11) is 0. The second kappa shape index (κ2) is 12.1. The van der Waals surface area contributed by atoms with Crippen molar-refractivity contribution < 1.29 is 8.83 Å². The highest BCUT2D eigenvalue weighted by molar-refractivity contribution is 6.15. The Balaban J connectivity index is 1.07. The van der Waals surface area contributed by atoms with Gasteiger partial charge in [0.25, 0.3) is 0 Å². The Morgan fingerprint density at radius 3 is 2.04 bits per heavy atom. The van der Waals surface area contributed by atoms with Crippen LogP contribution < -0.4 is 5.73 Å². The first kappa shape index (κ1) is 29.9. The van der Waals surface area contributed by atoms with Gasteiger partial charge in [-0.05, 0) is 69.1 Å². The molecule has 0 bridgehead atoms. The maximum atomic E-state index is 6.86. The van der Waals surface area contributed by atoms with Crippen LogP contribution in [0.25, 0.3) is 76.5 Å². The molecule has 0 fully saturated rings. The van der Waals surface area contributed by atoms with Crippen LogP contribution in [0.1, 0.15) is 16.7 Å². The molecule has 10 rings (SSSR count). The topological polar surface area (TPSA) is 77.0 Å². The van der Waals surface area contributed by atoms with Crippen molar-refractivity contribution in [3.05, 3.63) is 180 Å². The van der Waals surface area contributed by atoms with Gasteiger partial charge in [0.2, 0.25) is 0 Å². The number of hydrogen-bond acceptors (Lipinski definition) is 3. The molecular weight excluding hydrogens is 639 g/mol. The first-order valence-electron chi connectivity index (χ1n) is 17.4. The van der Waals surface area contributed by atoms with Gasteiger partial charge < -0.3 is 14.6 Å². The molecule has 10 aromatic rings. The van der Waals surface area contributed by atoms with Gasteiger partial charge in [0, 0.05) is 38.2 Å². The van der Waals surface area contributed by atoms with E-state index in [9.17, 15) is 0 Å². The lowest BCUT2D eigenvalue weighted by molar-refractivity contribution is 0.663. The average molecular weight is 670 g/mol. The number of hydrogen-bond donors (Lipinski definition) is 1. The SMILES string of the molecule is NC(=NC(=NCc1cccc2c1oc1ccccc12)c1ccc2ccccc2c1)c1ccc2ccc(-c3cccc4oc5ccccc5c34)cc2c1. The Hall–Kier alpha value is -6.98. The molecule has 0 aliphatic carbocycles. The summed E-state index contributed by atoms with van der Waals surface area (Å²) >= 11 is 0. The molecule has 0 spiro atoms. The fourth-order valence-corrected chi connectivity index (χ4v) is 7.38. The van der Waals surface area contributed by atoms with E-state index >= 15 is 0 Å². The van der Waals surface area contributed by atoms with Gasteiger partial charge in [-0.1, -0.05) is 127 Å². The highest BCUT2D eigenvalue weighted by Crippen LogP contribution is 2.37. The van der Waals surface area contributed by atoms with Gasteiger partial charge in [-0.25, -0.2) is 4.99 Å². The molecule has 5 heteroatoms. The van der Waals surface area contributed by atoms with Gasteiger partial charge in [-0.2, -0.15) is 0 Å². The van der Waals surface area contributed by atoms with E-state index in [1.165, 1.54) is 0 Å². The fraction of sp³-hybridized carbons (Fsp3) is 0.0213. The minimum Gasteiger partial charge on any atom is -0.456 e. The Labute approximate surface area is 299 Å². The first-order chi connectivity index (χ1) is 25.7. The van der Waals surface area contributed by atoms with Crippen LogP contribution in [-0.2, 0) is 6.54 Å². The van der Waals surface area contributed by atoms with Crippen LogP contribution in [0.4, 0.5) is 0 Å². The van der Waals surface area contributed by atoms with Crippen LogP contribution in [0.3, 0.4) is 0 Å². The number of nitrogens with two attached hydrogens (primary N) is 1. The van der Waals surface area contributed by atoms with Crippen LogP contribution in [0.15, 0.2) is 183 Å². The second-order valence-corrected chi connectivity index (χ2v) is 13.1. The van der Waals surface area contributed by atoms with Crippen molar-refractivity contribution in [2.45, 2.75) is 6.54 Å². The average Bonchev–Trinajstić information content (AvgIpc) is 3.78. The number of fused-ring (bicyclic) bond motifs is 8. The Morgan fingerprint density at radius 1 is 0.500 bits per heavy atom. The number of para-hydroxylation sites is 3. The van der Waals surface area contributed by atoms with Gasteiger partial charge in [0.1, 0.15) is 28.2 Å². The van der Waals surface area contributed by atoms with Crippen molar-refractivity contribution in [1.29, 1.82) is 0 Å². The molecule has 52 heavy (non-hydrogen) atoms. The number of furan rings is 2. The molecule has 0 radical (unpaired) electrons. The molecule has 0 saturated carbocycles. The monoisotopic (exact) mass is 669 g/mol. The Morgan fingerprint density at radius 2 is 1.15 bits per heavy atom. The molecule has 0 aliphatic rings. The van der Waals surface area contributed by atoms with Crippen molar-refractivity contribution in [2.24, 2.45) is 15.7 Å². The lowest BCUT2D eigenvalue weighted by Crippen LogP contribution is -2.16. The predicted octanol–water partition coefficient (Wildman–Crippen LogP) is 11.8. The van der Waals surface area contributed by atoms with Gasteiger partial charge in [0.15, 0.2) is 5.84 Å². The number of aliphatic imine (C=N–C) groups is 2. The third kappa shape index (κ3) is 5.10. The van der Waals surface area contributed by atoms with E-state index in [0.717, 1.165) is 93.2 Å². The summed E-state index contributed by atoms with van der Waals surface area (Å²) in [4.78, 5) is 10.1. The molecule has 0 amide bonds. The largest absolute Gasteiger partial charge is 0.456 e. The summed E-state index contributed by atoms with van der Waals surface area (Å²) < 4.78 is 12.5. The summed E-state index contributed by atoms with van der Waals surface area (Å²) in [5.41, 5.74) is 15.3. The van der Waals surface area contributed by atoms with Crippen LogP contribution in [-0.4, -0.2) is 11.7 Å². The third-order valence-corrected chi connectivity index (χ3v) is 9.97. The van der Waals surface area contributed by atoms with Gasteiger partial charge in [-0.3, -0.25) is 4.99 Å². The van der Waals surface area contributed by atoms with Crippen LogP contribution in [0, 0.1) is 0 Å². The summed E-state index contributed by atoms with van der Waals surface area (Å²) in [5, 5.41) is 8.84. The zero-order valence-electron chi connectivity index (χ0n) is 28.1. The molecular formula is C47H31N3O2. The Kier molecular flexibility index (Phi) is 6.96. The molecule has 0 aliphatic heterocycles. The summed E-state index contributed by atoms with van der Waals surface area (Å²) in [5.74, 6) is 0.952. The molecule has 246 valence electrons. The van der Waals surface area contributed by atoms with Crippen molar-refractivity contribution >= 4 is 77.1 Å². The number of amidine groups is 2.